The fraction of sp³-hybridized carbons (Fsp3) is 0.360. The Balaban J connectivity index is 1.82. The van der Waals surface area contributed by atoms with E-state index >= 15 is 0 Å². The van der Waals surface area contributed by atoms with Gasteiger partial charge < -0.3 is 20.1 Å². The van der Waals surface area contributed by atoms with E-state index in [0.29, 0.717) is 11.6 Å². The molecule has 0 spiro atoms. The van der Waals surface area contributed by atoms with Crippen molar-refractivity contribution in [3.63, 3.8) is 0 Å². The molecule has 2 amide bonds. The highest BCUT2D eigenvalue weighted by Gasteiger charge is 2.42. The maximum absolute atomic E-state index is 14.1. The van der Waals surface area contributed by atoms with Crippen molar-refractivity contribution in [2.24, 2.45) is 0 Å². The zero-order valence-corrected chi connectivity index (χ0v) is 21.6. The highest BCUT2D eigenvalue weighted by atomic mass is 19.4. The van der Waals surface area contributed by atoms with Crippen molar-refractivity contribution in [1.29, 1.82) is 0 Å². The van der Waals surface area contributed by atoms with Crippen LogP contribution >= 0.6 is 0 Å². The molecule has 1 unspecified atom stereocenters. The smallest absolute Gasteiger partial charge is 0.485 e. The molecule has 0 bridgehead atoms. The molecular formula is C25H24F6N4O5. The third kappa shape index (κ3) is 6.63. The molecule has 1 aromatic carbocycles. The van der Waals surface area contributed by atoms with Gasteiger partial charge >= 0.3 is 18.2 Å². The molecule has 0 aliphatic rings. The van der Waals surface area contributed by atoms with Crippen LogP contribution in [-0.2, 0) is 16.1 Å². The van der Waals surface area contributed by atoms with Crippen molar-refractivity contribution in [2.45, 2.75) is 52.4 Å². The van der Waals surface area contributed by atoms with Crippen LogP contribution in [-0.4, -0.2) is 45.6 Å². The number of nitrogens with zero attached hydrogens (tertiary/aromatic N) is 2. The van der Waals surface area contributed by atoms with Crippen molar-refractivity contribution < 1.29 is 50.2 Å². The van der Waals surface area contributed by atoms with Crippen LogP contribution in [0.1, 0.15) is 47.6 Å². The number of aromatic nitrogens is 2. The number of fused-ring (bicyclic) bond motifs is 1. The second-order valence-electron chi connectivity index (χ2n) is 9.13. The Morgan fingerprint density at radius 3 is 2.35 bits per heavy atom. The molecule has 2 heterocycles. The van der Waals surface area contributed by atoms with Crippen LogP contribution < -0.4 is 15.4 Å². The summed E-state index contributed by atoms with van der Waals surface area (Å²) in [6.07, 6.45) is -5.27. The van der Waals surface area contributed by atoms with E-state index in [1.807, 2.05) is 5.32 Å². The van der Waals surface area contributed by atoms with Gasteiger partial charge in [-0.1, -0.05) is 6.92 Å². The Bertz CT molecular complexity index is 1470. The third-order valence-electron chi connectivity index (χ3n) is 5.96. The first-order valence-electron chi connectivity index (χ1n) is 11.7. The lowest BCUT2D eigenvalue weighted by molar-refractivity contribution is -0.192. The lowest BCUT2D eigenvalue weighted by Gasteiger charge is -2.29. The van der Waals surface area contributed by atoms with Gasteiger partial charge in [-0.15, -0.1) is 0 Å². The molecule has 0 saturated carbocycles. The lowest BCUT2D eigenvalue weighted by atomic mass is 9.98. The number of benzene rings is 1. The van der Waals surface area contributed by atoms with Gasteiger partial charge in [0.25, 0.3) is 5.91 Å². The second kappa shape index (κ2) is 11.4. The summed E-state index contributed by atoms with van der Waals surface area (Å²) in [5.41, 5.74) is -0.924. The van der Waals surface area contributed by atoms with Gasteiger partial charge in [0.1, 0.15) is 18.1 Å². The Labute approximate surface area is 223 Å². The normalized spacial score (nSPS) is 13.1. The van der Waals surface area contributed by atoms with Gasteiger partial charge in [0.15, 0.2) is 23.0 Å². The fourth-order valence-corrected chi connectivity index (χ4v) is 3.63. The number of esters is 1. The topological polar surface area (TPSA) is 111 Å². The molecule has 2 aromatic heterocycles. The number of hydrogen-bond acceptors (Lipinski definition) is 6. The van der Waals surface area contributed by atoms with Crippen LogP contribution in [0.15, 0.2) is 24.4 Å². The number of imidazole rings is 1. The summed E-state index contributed by atoms with van der Waals surface area (Å²) in [5, 5.41) is 4.69. The number of carbonyl (C=O) groups is 3. The van der Waals surface area contributed by atoms with E-state index in [-0.39, 0.29) is 29.2 Å². The molecule has 40 heavy (non-hydrogen) atoms. The van der Waals surface area contributed by atoms with Crippen LogP contribution in [0.3, 0.4) is 0 Å². The molecule has 1 atom stereocenters. The van der Waals surface area contributed by atoms with Gasteiger partial charge in [0.2, 0.25) is 0 Å². The highest BCUT2D eigenvalue weighted by Crippen LogP contribution is 2.27. The van der Waals surface area contributed by atoms with Gasteiger partial charge in [-0.05, 0) is 51.0 Å². The summed E-state index contributed by atoms with van der Waals surface area (Å²) >= 11 is 0. The fourth-order valence-electron chi connectivity index (χ4n) is 3.63. The van der Waals surface area contributed by atoms with Crippen LogP contribution in [0.2, 0.25) is 0 Å². The number of carbonyl (C=O) groups excluding carboxylic acids is 3. The average molecular weight is 574 g/mol. The van der Waals surface area contributed by atoms with Crippen LogP contribution in [0.5, 0.6) is 5.75 Å². The molecule has 0 radical (unpaired) electrons. The summed E-state index contributed by atoms with van der Waals surface area (Å²) in [5.74, 6) is -7.00. The molecule has 3 rings (SSSR count). The summed E-state index contributed by atoms with van der Waals surface area (Å²) in [7, 11) is 0. The average Bonchev–Trinajstić information content (AvgIpc) is 3.20. The van der Waals surface area contributed by atoms with E-state index in [1.54, 1.807) is 20.0 Å². The largest absolute Gasteiger partial charge is 0.491 e. The number of nitrogens with one attached hydrogen (secondary N) is 2. The molecule has 0 saturated heterocycles. The number of halogens is 6. The number of hydrogen-bond donors (Lipinski definition) is 2. The molecular weight excluding hydrogens is 550 g/mol. The zero-order chi connectivity index (χ0) is 30.0. The number of alkyl carbamates (subject to hydrolysis) is 1. The van der Waals surface area contributed by atoms with E-state index in [1.165, 1.54) is 24.3 Å². The number of aryl methyl sites for hydroxylation is 2. The first-order valence-corrected chi connectivity index (χ1v) is 11.7. The number of amides is 2. The molecule has 9 nitrogen and oxygen atoms in total. The molecule has 2 N–H and O–H groups in total. The molecule has 3 aromatic rings. The van der Waals surface area contributed by atoms with E-state index in [2.05, 4.69) is 15.0 Å². The molecule has 15 heteroatoms. The predicted molar refractivity (Wildman–Crippen MR) is 127 cm³/mol. The van der Waals surface area contributed by atoms with Crippen LogP contribution in [0, 0.1) is 31.3 Å². The standard InChI is InChI=1S/C25H24F6N4O5/c1-5-24(4,11-32-23(38)40-22(37)25(29,30)31)34-21(36)19-13(3)33-20-17(8-12(2)9-35(19)20)39-10-14-15(26)6-7-16(27)18(14)28/h6-9H,5,10-11H2,1-4H3,(H,32,38)(H,34,36). The predicted octanol–water partition coefficient (Wildman–Crippen LogP) is 4.66. The number of rotatable bonds is 8. The molecule has 0 fully saturated rings. The van der Waals surface area contributed by atoms with E-state index < -0.39 is 65.9 Å². The van der Waals surface area contributed by atoms with E-state index in [0.717, 1.165) is 6.07 Å². The van der Waals surface area contributed by atoms with Crippen LogP contribution in [0.25, 0.3) is 5.65 Å². The molecule has 216 valence electrons. The van der Waals surface area contributed by atoms with Gasteiger partial charge in [-0.25, -0.2) is 27.7 Å². The van der Waals surface area contributed by atoms with Crippen molar-refractivity contribution in [3.05, 3.63) is 64.4 Å². The minimum atomic E-state index is -5.36. The van der Waals surface area contributed by atoms with Gasteiger partial charge in [-0.3, -0.25) is 9.20 Å². The lowest BCUT2D eigenvalue weighted by Crippen LogP contribution is -2.53. The minimum Gasteiger partial charge on any atom is -0.485 e. The second-order valence-corrected chi connectivity index (χ2v) is 9.13. The first-order chi connectivity index (χ1) is 18.6. The molecule has 0 aliphatic heterocycles. The van der Waals surface area contributed by atoms with Crippen molar-refractivity contribution >= 4 is 23.6 Å². The summed E-state index contributed by atoms with van der Waals surface area (Å²) < 4.78 is 89.3. The SMILES string of the molecule is CCC(C)(CNC(=O)OC(=O)C(F)(F)F)NC(=O)c1c(C)nc2c(OCc3c(F)ccc(F)c3F)cc(C)cn12. The quantitative estimate of drug-likeness (QED) is 0.175. The third-order valence-corrected chi connectivity index (χ3v) is 5.96. The van der Waals surface area contributed by atoms with Gasteiger partial charge in [0, 0.05) is 12.7 Å². The minimum absolute atomic E-state index is 0.0289. The summed E-state index contributed by atoms with van der Waals surface area (Å²) in [6.45, 7) is 5.23. The Morgan fingerprint density at radius 2 is 1.73 bits per heavy atom. The Morgan fingerprint density at radius 1 is 1.07 bits per heavy atom. The van der Waals surface area contributed by atoms with Crippen molar-refractivity contribution in [1.82, 2.24) is 20.0 Å². The number of pyridine rings is 1. The van der Waals surface area contributed by atoms with Gasteiger partial charge in [0.05, 0.1) is 16.8 Å². The number of alkyl halides is 3. The van der Waals surface area contributed by atoms with E-state index in [4.69, 9.17) is 4.74 Å². The first kappa shape index (κ1) is 30.2. The highest BCUT2D eigenvalue weighted by molar-refractivity contribution is 5.95. The zero-order valence-electron chi connectivity index (χ0n) is 21.6. The Hall–Kier alpha value is -4.30. The number of ether oxygens (including phenoxy) is 2. The summed E-state index contributed by atoms with van der Waals surface area (Å²) in [6, 6.07) is 2.91. The maximum atomic E-state index is 14.1. The maximum Gasteiger partial charge on any atom is 0.491 e. The van der Waals surface area contributed by atoms with Gasteiger partial charge in [-0.2, -0.15) is 13.2 Å². The summed E-state index contributed by atoms with van der Waals surface area (Å²) in [4.78, 5) is 40.1. The van der Waals surface area contributed by atoms with Crippen molar-refractivity contribution in [3.8, 4) is 5.75 Å². The van der Waals surface area contributed by atoms with Crippen molar-refractivity contribution in [2.75, 3.05) is 6.54 Å². The Kier molecular flexibility index (Phi) is 8.65. The van der Waals surface area contributed by atoms with E-state index in [9.17, 15) is 40.7 Å². The molecule has 0 aliphatic carbocycles. The van der Waals surface area contributed by atoms with Crippen LogP contribution in [0.4, 0.5) is 31.1 Å². The monoisotopic (exact) mass is 574 g/mol.